The maximum Gasteiger partial charge on any atom is 0.341 e. The second kappa shape index (κ2) is 8.68. The second-order valence-electron chi connectivity index (χ2n) is 6.25. The van der Waals surface area contributed by atoms with Crippen molar-refractivity contribution in [1.82, 2.24) is 0 Å². The summed E-state index contributed by atoms with van der Waals surface area (Å²) in [5.41, 5.74) is 1.32. The summed E-state index contributed by atoms with van der Waals surface area (Å²) in [7, 11) is 0. The molecule has 10 heteroatoms. The molecule has 156 valence electrons. The maximum absolute atomic E-state index is 12.7. The van der Waals surface area contributed by atoms with Gasteiger partial charge in [0.1, 0.15) is 10.8 Å². The zero-order valence-corrected chi connectivity index (χ0v) is 17.8. The molecule has 0 aliphatic rings. The average molecular weight is 449 g/mol. The Hall–Kier alpha value is -3.17. The molecule has 2 aromatic heterocycles. The minimum atomic E-state index is -0.553. The van der Waals surface area contributed by atoms with Gasteiger partial charge >= 0.3 is 5.97 Å². The van der Waals surface area contributed by atoms with E-state index in [1.165, 1.54) is 35.6 Å². The van der Waals surface area contributed by atoms with Crippen molar-refractivity contribution >= 4 is 45.5 Å². The first-order valence-corrected chi connectivity index (χ1v) is 10.0. The molecule has 0 spiro atoms. The molecule has 0 bridgehead atoms. The summed E-state index contributed by atoms with van der Waals surface area (Å²) in [6.45, 7) is 5.56. The SMILES string of the molecule is CCOC(=O)c1c(NC(=O)c2ccc(-c3ccc([N+](=O)[O-])cc3Cl)o2)sc(C)c1C. The normalized spacial score (nSPS) is 10.7. The van der Waals surface area contributed by atoms with E-state index in [1.54, 1.807) is 19.9 Å². The van der Waals surface area contributed by atoms with E-state index in [0.717, 1.165) is 10.4 Å². The molecule has 30 heavy (non-hydrogen) atoms. The first kappa shape index (κ1) is 21.5. The van der Waals surface area contributed by atoms with Crippen LogP contribution in [0, 0.1) is 24.0 Å². The lowest BCUT2D eigenvalue weighted by Gasteiger charge is -2.06. The summed E-state index contributed by atoms with van der Waals surface area (Å²) in [5.74, 6) is -0.777. The lowest BCUT2D eigenvalue weighted by molar-refractivity contribution is -0.384. The number of benzene rings is 1. The van der Waals surface area contributed by atoms with Crippen molar-refractivity contribution in [2.75, 3.05) is 11.9 Å². The number of rotatable bonds is 6. The van der Waals surface area contributed by atoms with E-state index in [4.69, 9.17) is 20.8 Å². The molecular formula is C20H17ClN2O6S. The molecule has 2 heterocycles. The van der Waals surface area contributed by atoms with E-state index in [2.05, 4.69) is 5.32 Å². The molecule has 0 atom stereocenters. The number of thiophene rings is 1. The number of esters is 1. The van der Waals surface area contributed by atoms with Crippen LogP contribution in [0.25, 0.3) is 11.3 Å². The minimum absolute atomic E-state index is 0.00191. The number of carbonyl (C=O) groups is 2. The monoisotopic (exact) mass is 448 g/mol. The number of nitro groups is 1. The third-order valence-corrected chi connectivity index (χ3v) is 5.79. The molecular weight excluding hydrogens is 432 g/mol. The van der Waals surface area contributed by atoms with Gasteiger partial charge in [0.15, 0.2) is 5.76 Å². The Bertz CT molecular complexity index is 1150. The van der Waals surface area contributed by atoms with Gasteiger partial charge in [-0.1, -0.05) is 11.6 Å². The molecule has 0 aliphatic carbocycles. The molecule has 1 amide bonds. The van der Waals surface area contributed by atoms with E-state index < -0.39 is 16.8 Å². The van der Waals surface area contributed by atoms with Crippen LogP contribution in [0.2, 0.25) is 5.02 Å². The number of furan rings is 1. The Balaban J connectivity index is 1.86. The van der Waals surface area contributed by atoms with Crippen LogP contribution in [0.4, 0.5) is 10.7 Å². The number of halogens is 1. The number of anilines is 1. The van der Waals surface area contributed by atoms with Crippen LogP contribution in [-0.2, 0) is 4.74 Å². The Morgan fingerprint density at radius 3 is 2.63 bits per heavy atom. The van der Waals surface area contributed by atoms with Crippen molar-refractivity contribution in [2.45, 2.75) is 20.8 Å². The van der Waals surface area contributed by atoms with E-state index in [1.807, 2.05) is 6.92 Å². The number of nitrogens with one attached hydrogen (secondary N) is 1. The second-order valence-corrected chi connectivity index (χ2v) is 7.88. The molecule has 0 fully saturated rings. The maximum atomic E-state index is 12.7. The van der Waals surface area contributed by atoms with Crippen molar-refractivity contribution in [3.8, 4) is 11.3 Å². The van der Waals surface area contributed by atoms with Crippen LogP contribution in [0.1, 0.15) is 38.3 Å². The number of nitrogens with zero attached hydrogens (tertiary/aromatic N) is 1. The van der Waals surface area contributed by atoms with Gasteiger partial charge in [0, 0.05) is 22.6 Å². The van der Waals surface area contributed by atoms with Crippen LogP contribution >= 0.6 is 22.9 Å². The average Bonchev–Trinajstić information content (AvgIpc) is 3.27. The number of aryl methyl sites for hydroxylation is 1. The summed E-state index contributed by atoms with van der Waals surface area (Å²) in [4.78, 5) is 36.1. The fraction of sp³-hybridized carbons (Fsp3) is 0.200. The van der Waals surface area contributed by atoms with Gasteiger partial charge < -0.3 is 14.5 Å². The predicted octanol–water partition coefficient (Wildman–Crippen LogP) is 5.62. The molecule has 8 nitrogen and oxygen atoms in total. The standard InChI is InChI=1S/C20H17ClN2O6S/c1-4-28-20(25)17-10(2)11(3)30-19(17)22-18(24)16-8-7-15(29-16)13-6-5-12(23(26)27)9-14(13)21/h5-9H,4H2,1-3H3,(H,22,24). The van der Waals surface area contributed by atoms with Crippen molar-refractivity contribution in [3.05, 3.63) is 67.2 Å². The summed E-state index contributed by atoms with van der Waals surface area (Å²) in [5, 5.41) is 14.0. The van der Waals surface area contributed by atoms with Gasteiger partial charge in [0.25, 0.3) is 11.6 Å². The van der Waals surface area contributed by atoms with Gasteiger partial charge in [-0.15, -0.1) is 11.3 Å². The molecule has 0 saturated carbocycles. The first-order valence-electron chi connectivity index (χ1n) is 8.85. The summed E-state index contributed by atoms with van der Waals surface area (Å²) in [6.07, 6.45) is 0. The molecule has 0 radical (unpaired) electrons. The topological polar surface area (TPSA) is 112 Å². The Morgan fingerprint density at radius 2 is 2.00 bits per heavy atom. The van der Waals surface area contributed by atoms with Gasteiger partial charge in [-0.3, -0.25) is 14.9 Å². The summed E-state index contributed by atoms with van der Waals surface area (Å²) < 4.78 is 10.7. The third-order valence-electron chi connectivity index (χ3n) is 4.35. The van der Waals surface area contributed by atoms with Gasteiger partial charge in [0.2, 0.25) is 0 Å². The molecule has 0 saturated heterocycles. The van der Waals surface area contributed by atoms with Crippen molar-refractivity contribution in [1.29, 1.82) is 0 Å². The molecule has 3 rings (SSSR count). The number of non-ortho nitro benzene ring substituents is 1. The highest BCUT2D eigenvalue weighted by Gasteiger charge is 2.24. The number of hydrogen-bond donors (Lipinski definition) is 1. The highest BCUT2D eigenvalue weighted by Crippen LogP contribution is 2.35. The fourth-order valence-electron chi connectivity index (χ4n) is 2.75. The van der Waals surface area contributed by atoms with E-state index in [9.17, 15) is 19.7 Å². The molecule has 0 unspecified atom stereocenters. The van der Waals surface area contributed by atoms with E-state index in [-0.39, 0.29) is 28.8 Å². The van der Waals surface area contributed by atoms with Crippen molar-refractivity contribution < 1.29 is 23.7 Å². The highest BCUT2D eigenvalue weighted by molar-refractivity contribution is 7.16. The lowest BCUT2D eigenvalue weighted by atomic mass is 10.1. The predicted molar refractivity (Wildman–Crippen MR) is 114 cm³/mol. The number of carbonyl (C=O) groups excluding carboxylic acids is 2. The van der Waals surface area contributed by atoms with Gasteiger partial charge in [-0.05, 0) is 44.5 Å². The Kier molecular flexibility index (Phi) is 6.23. The Labute approximate surface area is 180 Å². The number of ether oxygens (including phenoxy) is 1. The molecule has 3 aromatic rings. The fourth-order valence-corrected chi connectivity index (χ4v) is 4.06. The largest absolute Gasteiger partial charge is 0.462 e. The van der Waals surface area contributed by atoms with Crippen LogP contribution in [0.3, 0.4) is 0 Å². The van der Waals surface area contributed by atoms with E-state index >= 15 is 0 Å². The quantitative estimate of drug-likeness (QED) is 0.297. The van der Waals surface area contributed by atoms with Crippen LogP contribution < -0.4 is 5.32 Å². The zero-order valence-electron chi connectivity index (χ0n) is 16.3. The number of nitro benzene ring substituents is 1. The van der Waals surface area contributed by atoms with Crippen LogP contribution in [0.5, 0.6) is 0 Å². The first-order chi connectivity index (χ1) is 14.2. The van der Waals surface area contributed by atoms with Crippen LogP contribution in [0.15, 0.2) is 34.7 Å². The summed E-state index contributed by atoms with van der Waals surface area (Å²) >= 11 is 7.39. The van der Waals surface area contributed by atoms with Gasteiger partial charge in [-0.2, -0.15) is 0 Å². The summed E-state index contributed by atoms with van der Waals surface area (Å²) in [6, 6.07) is 6.96. The van der Waals surface area contributed by atoms with Gasteiger partial charge in [0.05, 0.1) is 22.1 Å². The van der Waals surface area contributed by atoms with E-state index in [0.29, 0.717) is 16.1 Å². The Morgan fingerprint density at radius 1 is 1.27 bits per heavy atom. The number of hydrogen-bond acceptors (Lipinski definition) is 7. The minimum Gasteiger partial charge on any atom is -0.462 e. The van der Waals surface area contributed by atoms with Crippen molar-refractivity contribution in [3.63, 3.8) is 0 Å². The smallest absolute Gasteiger partial charge is 0.341 e. The van der Waals surface area contributed by atoms with Crippen molar-refractivity contribution in [2.24, 2.45) is 0 Å². The molecule has 1 N–H and O–H groups in total. The third kappa shape index (κ3) is 4.22. The highest BCUT2D eigenvalue weighted by atomic mass is 35.5. The van der Waals surface area contributed by atoms with Gasteiger partial charge in [-0.25, -0.2) is 4.79 Å². The zero-order chi connectivity index (χ0) is 22.0. The number of amides is 1. The van der Waals surface area contributed by atoms with Crippen LogP contribution in [-0.4, -0.2) is 23.4 Å². The molecule has 0 aliphatic heterocycles. The lowest BCUT2D eigenvalue weighted by Crippen LogP contribution is -2.14. The molecule has 1 aromatic carbocycles.